The molecule has 7 heteroatoms. The number of thiophene rings is 1. The second-order valence-corrected chi connectivity index (χ2v) is 8.65. The number of carbonyl (C=O) groups is 1. The molecule has 2 aromatic rings. The van der Waals surface area contributed by atoms with Gasteiger partial charge in [-0.15, -0.1) is 0 Å². The molecule has 1 aliphatic rings. The highest BCUT2D eigenvalue weighted by atomic mass is 32.1. The van der Waals surface area contributed by atoms with E-state index in [1.54, 1.807) is 11.3 Å². The molecule has 2 heterocycles. The Morgan fingerprint density at radius 3 is 2.58 bits per heavy atom. The Morgan fingerprint density at radius 1 is 1.32 bits per heavy atom. The van der Waals surface area contributed by atoms with Crippen molar-refractivity contribution in [1.82, 2.24) is 4.90 Å². The number of alkyl halides is 3. The molecule has 3 atom stereocenters. The second-order valence-electron chi connectivity index (χ2n) is 7.87. The zero-order valence-electron chi connectivity index (χ0n) is 17.2. The Hall–Kier alpha value is -2.56. The predicted octanol–water partition coefficient (Wildman–Crippen LogP) is 6.32. The smallest absolute Gasteiger partial charge is 0.416 e. The van der Waals surface area contributed by atoms with Crippen LogP contribution < -0.4 is 0 Å². The summed E-state index contributed by atoms with van der Waals surface area (Å²) in [6.45, 7) is 6.28. The van der Waals surface area contributed by atoms with Crippen LogP contribution in [0.1, 0.15) is 55.0 Å². The Bertz CT molecular complexity index is 971. The lowest BCUT2D eigenvalue weighted by atomic mass is 9.83. The van der Waals surface area contributed by atoms with Gasteiger partial charge in [0.15, 0.2) is 0 Å². The molecule has 0 amide bonds. The molecule has 0 spiro atoms. The average molecular weight is 448 g/mol. The lowest BCUT2D eigenvalue weighted by Gasteiger charge is -2.42. The fourth-order valence-electron chi connectivity index (χ4n) is 4.00. The van der Waals surface area contributed by atoms with Crippen molar-refractivity contribution in [3.63, 3.8) is 0 Å². The number of benzene rings is 1. The molecule has 3 nitrogen and oxygen atoms in total. The molecule has 1 fully saturated rings. The summed E-state index contributed by atoms with van der Waals surface area (Å²) in [4.78, 5) is 13.5. The van der Waals surface area contributed by atoms with E-state index in [0.29, 0.717) is 19.4 Å². The van der Waals surface area contributed by atoms with E-state index in [-0.39, 0.29) is 24.4 Å². The number of likely N-dealkylation sites (tertiary alicyclic amines) is 1. The van der Waals surface area contributed by atoms with Gasteiger partial charge in [0, 0.05) is 19.0 Å². The molecular formula is C24H24F3NO2S. The van der Waals surface area contributed by atoms with Gasteiger partial charge >= 0.3 is 12.1 Å². The standard InChI is InChI=1S/C24H24F3NO2S/c1-16(2)3-8-21(19-10-12-31-15-19)28-11-9-17(14-23(29)30)13-22(28)18-4-6-20(7-5-18)24(25,26)27/h4-7,10,12,15,17,21-22H,1,9,11,13-14H2,2H3,(H,29,30)/t17-,21-,22+/m1/s1. The predicted molar refractivity (Wildman–Crippen MR) is 116 cm³/mol. The number of carboxylic acid groups (broad SMARTS) is 1. The highest BCUT2D eigenvalue weighted by molar-refractivity contribution is 7.08. The van der Waals surface area contributed by atoms with Crippen molar-refractivity contribution in [3.05, 3.63) is 69.9 Å². The number of piperidine rings is 1. The lowest BCUT2D eigenvalue weighted by Crippen LogP contribution is -2.39. The van der Waals surface area contributed by atoms with E-state index in [1.807, 2.05) is 23.8 Å². The van der Waals surface area contributed by atoms with Gasteiger partial charge in [-0.25, -0.2) is 0 Å². The van der Waals surface area contributed by atoms with Gasteiger partial charge in [-0.3, -0.25) is 9.69 Å². The molecule has 31 heavy (non-hydrogen) atoms. The number of aliphatic carboxylic acids is 1. The van der Waals surface area contributed by atoms with Crippen LogP contribution in [-0.4, -0.2) is 22.5 Å². The fourth-order valence-corrected chi connectivity index (χ4v) is 4.68. The number of nitrogens with zero attached hydrogens (tertiary/aromatic N) is 1. The molecule has 1 aliphatic heterocycles. The summed E-state index contributed by atoms with van der Waals surface area (Å²) in [5.74, 6) is 5.42. The minimum atomic E-state index is -4.40. The minimum Gasteiger partial charge on any atom is -0.481 e. The highest BCUT2D eigenvalue weighted by Crippen LogP contribution is 2.41. The van der Waals surface area contributed by atoms with Crippen molar-refractivity contribution in [2.45, 2.75) is 44.4 Å². The third-order valence-electron chi connectivity index (χ3n) is 5.45. The van der Waals surface area contributed by atoms with E-state index >= 15 is 0 Å². The number of halogens is 3. The van der Waals surface area contributed by atoms with Gasteiger partial charge in [-0.05, 0) is 71.3 Å². The first-order chi connectivity index (χ1) is 14.6. The van der Waals surface area contributed by atoms with Crippen LogP contribution >= 0.6 is 11.3 Å². The molecule has 0 saturated carbocycles. The van der Waals surface area contributed by atoms with Gasteiger partial charge in [0.25, 0.3) is 0 Å². The lowest BCUT2D eigenvalue weighted by molar-refractivity contribution is -0.139. The van der Waals surface area contributed by atoms with Gasteiger partial charge < -0.3 is 5.11 Å². The molecular weight excluding hydrogens is 423 g/mol. The molecule has 0 aliphatic carbocycles. The number of hydrogen-bond donors (Lipinski definition) is 1. The largest absolute Gasteiger partial charge is 0.481 e. The molecule has 1 N–H and O–H groups in total. The van der Waals surface area contributed by atoms with Gasteiger partial charge in [0.05, 0.1) is 11.6 Å². The first kappa shape index (κ1) is 23.1. The number of carboxylic acids is 1. The van der Waals surface area contributed by atoms with Crippen LogP contribution in [0, 0.1) is 17.8 Å². The Morgan fingerprint density at radius 2 is 2.03 bits per heavy atom. The number of allylic oxidation sites excluding steroid dienone is 1. The SMILES string of the molecule is C=C(C)C#C[C@H](c1ccsc1)N1CC[C@@H](CC(=O)O)C[C@H]1c1ccc(C(F)(F)F)cc1. The zero-order valence-corrected chi connectivity index (χ0v) is 18.0. The quantitative estimate of drug-likeness (QED) is 0.546. The molecule has 1 aromatic heterocycles. The fraction of sp³-hybridized carbons (Fsp3) is 0.375. The van der Waals surface area contributed by atoms with Crippen molar-refractivity contribution >= 4 is 17.3 Å². The van der Waals surface area contributed by atoms with Crippen molar-refractivity contribution in [3.8, 4) is 11.8 Å². The van der Waals surface area contributed by atoms with Crippen LogP contribution in [-0.2, 0) is 11.0 Å². The molecule has 1 aromatic carbocycles. The zero-order chi connectivity index (χ0) is 22.6. The van der Waals surface area contributed by atoms with Crippen LogP contribution in [0.15, 0.2) is 53.2 Å². The maximum absolute atomic E-state index is 13.0. The van der Waals surface area contributed by atoms with E-state index in [9.17, 15) is 23.1 Å². The van der Waals surface area contributed by atoms with E-state index in [4.69, 9.17) is 0 Å². The van der Waals surface area contributed by atoms with Crippen molar-refractivity contribution in [2.24, 2.45) is 5.92 Å². The topological polar surface area (TPSA) is 40.5 Å². The maximum atomic E-state index is 13.0. The third-order valence-corrected chi connectivity index (χ3v) is 6.15. The minimum absolute atomic E-state index is 0.0433. The molecule has 0 radical (unpaired) electrons. The first-order valence-corrected chi connectivity index (χ1v) is 10.9. The monoisotopic (exact) mass is 447 g/mol. The Labute approximate surface area is 184 Å². The van der Waals surface area contributed by atoms with E-state index < -0.39 is 17.7 Å². The summed E-state index contributed by atoms with van der Waals surface area (Å²) in [5.41, 5.74) is 1.79. The van der Waals surface area contributed by atoms with Gasteiger partial charge in [0.2, 0.25) is 0 Å². The summed E-state index contributed by atoms with van der Waals surface area (Å²) in [6, 6.07) is 6.70. The second kappa shape index (κ2) is 9.71. The van der Waals surface area contributed by atoms with Crippen molar-refractivity contribution < 1.29 is 23.1 Å². The summed E-state index contributed by atoms with van der Waals surface area (Å²) in [6.07, 6.45) is -3.11. The number of hydrogen-bond acceptors (Lipinski definition) is 3. The summed E-state index contributed by atoms with van der Waals surface area (Å²) in [7, 11) is 0. The summed E-state index contributed by atoms with van der Waals surface area (Å²) >= 11 is 1.56. The molecule has 0 unspecified atom stereocenters. The van der Waals surface area contributed by atoms with E-state index in [1.165, 1.54) is 12.1 Å². The van der Waals surface area contributed by atoms with Gasteiger partial charge in [-0.1, -0.05) is 30.6 Å². The van der Waals surface area contributed by atoms with Crippen LogP contribution in [0.4, 0.5) is 13.2 Å². The average Bonchev–Trinajstić information content (AvgIpc) is 3.22. The Balaban J connectivity index is 1.99. The maximum Gasteiger partial charge on any atom is 0.416 e. The normalized spacial score (nSPS) is 20.5. The van der Waals surface area contributed by atoms with E-state index in [2.05, 4.69) is 23.3 Å². The summed E-state index contributed by atoms with van der Waals surface area (Å²) < 4.78 is 39.1. The third kappa shape index (κ3) is 5.99. The van der Waals surface area contributed by atoms with Gasteiger partial charge in [0.1, 0.15) is 0 Å². The van der Waals surface area contributed by atoms with Crippen LogP contribution in [0.3, 0.4) is 0 Å². The number of rotatable bonds is 5. The van der Waals surface area contributed by atoms with Crippen LogP contribution in [0.25, 0.3) is 0 Å². The van der Waals surface area contributed by atoms with Crippen molar-refractivity contribution in [2.75, 3.05) is 6.54 Å². The van der Waals surface area contributed by atoms with E-state index in [0.717, 1.165) is 28.8 Å². The molecule has 3 rings (SSSR count). The molecule has 164 valence electrons. The van der Waals surface area contributed by atoms with Gasteiger partial charge in [-0.2, -0.15) is 24.5 Å². The Kier molecular flexibility index (Phi) is 7.24. The molecule has 0 bridgehead atoms. The summed E-state index contributed by atoms with van der Waals surface area (Å²) in [5, 5.41) is 13.2. The van der Waals surface area contributed by atoms with Crippen LogP contribution in [0.5, 0.6) is 0 Å². The van der Waals surface area contributed by atoms with Crippen LogP contribution in [0.2, 0.25) is 0 Å². The molecule has 1 saturated heterocycles. The van der Waals surface area contributed by atoms with Crippen molar-refractivity contribution in [1.29, 1.82) is 0 Å². The first-order valence-electron chi connectivity index (χ1n) is 9.99. The highest BCUT2D eigenvalue weighted by Gasteiger charge is 2.36.